The third kappa shape index (κ3) is 1.77. The van der Waals surface area contributed by atoms with Crippen molar-refractivity contribution in [1.29, 1.82) is 0 Å². The zero-order chi connectivity index (χ0) is 3.41. The van der Waals surface area contributed by atoms with E-state index in [-0.39, 0.29) is 0 Å². The van der Waals surface area contributed by atoms with Crippen molar-refractivity contribution in [3.8, 4) is 0 Å². The summed E-state index contributed by atoms with van der Waals surface area (Å²) in [5.41, 5.74) is 0. The Kier molecular flexibility index (Phi) is 2.61. The predicted molar refractivity (Wildman–Crippen MR) is 19.8 cm³/mol. The Balaban J connectivity index is 2.73. The van der Waals surface area contributed by atoms with Crippen molar-refractivity contribution in [2.24, 2.45) is 4.95 Å². The van der Waals surface area contributed by atoms with Crippen LogP contribution >= 0.6 is 8.35 Å². The molecular formula is CH2NOP. The van der Waals surface area contributed by atoms with Crippen molar-refractivity contribution >= 4 is 14.7 Å². The van der Waals surface area contributed by atoms with E-state index >= 15 is 0 Å². The summed E-state index contributed by atoms with van der Waals surface area (Å²) in [5.74, 6) is 0. The van der Waals surface area contributed by atoms with Crippen molar-refractivity contribution in [3.63, 3.8) is 0 Å². The van der Waals surface area contributed by atoms with Crippen LogP contribution in [-0.4, -0.2) is 6.30 Å². The molecule has 0 aliphatic carbocycles. The fourth-order valence-corrected chi connectivity index (χ4v) is 0. The second-order valence-corrected chi connectivity index (χ2v) is 0.669. The average molecular weight is 75.0 g/mol. The molecule has 0 aromatic heterocycles. The van der Waals surface area contributed by atoms with E-state index in [2.05, 4.69) is 11.2 Å². The largest absolute Gasteiger partial charge is 0.141 e. The Morgan fingerprint density at radius 1 is 2.00 bits per heavy atom. The molecule has 4 heavy (non-hydrogen) atoms. The molecule has 0 spiro atoms. The first kappa shape index (κ1) is 3.77. The van der Waals surface area contributed by atoms with E-state index < -0.39 is 0 Å². The van der Waals surface area contributed by atoms with E-state index in [1.54, 1.807) is 0 Å². The maximum Gasteiger partial charge on any atom is 0.0799 e. The fraction of sp³-hybridized carbons (Fsp3) is 0. The van der Waals surface area contributed by atoms with Gasteiger partial charge in [0.25, 0.3) is 0 Å². The molecule has 0 amide bonds. The topological polar surface area (TPSA) is 29.4 Å². The molecule has 0 unspecified atom stereocenters. The van der Waals surface area contributed by atoms with Crippen LogP contribution in [0.5, 0.6) is 0 Å². The van der Waals surface area contributed by atoms with Gasteiger partial charge in [-0.15, -0.1) is 4.91 Å². The van der Waals surface area contributed by atoms with E-state index in [1.165, 1.54) is 0 Å². The van der Waals surface area contributed by atoms with Gasteiger partial charge in [0, 0.05) is 0 Å². The molecule has 0 aromatic rings. The predicted octanol–water partition coefficient (Wildman–Crippen LogP) is 1.05. The molecule has 0 saturated carbocycles. The van der Waals surface area contributed by atoms with Gasteiger partial charge in [0.15, 0.2) is 0 Å². The molecule has 0 rings (SSSR count). The summed E-state index contributed by atoms with van der Waals surface area (Å²) < 4.78 is 0. The Labute approximate surface area is 25.7 Å². The molecule has 3 heteroatoms. The van der Waals surface area contributed by atoms with Crippen LogP contribution in [0.25, 0.3) is 0 Å². The van der Waals surface area contributed by atoms with Crippen molar-refractivity contribution in [2.45, 2.75) is 0 Å². The molecule has 0 aromatic carbocycles. The standard InChI is InChI=1S/CH2NOP/c1-4-2-3/h1H2. The third-order valence-corrected chi connectivity index (χ3v) is 0.173. The lowest BCUT2D eigenvalue weighted by Gasteiger charge is -1.36. The van der Waals surface area contributed by atoms with Crippen LogP contribution in [0, 0.1) is 4.91 Å². The highest BCUT2D eigenvalue weighted by Gasteiger charge is 1.38. The summed E-state index contributed by atoms with van der Waals surface area (Å²) in [7, 11) is 0.318. The van der Waals surface area contributed by atoms with Crippen molar-refractivity contribution in [3.05, 3.63) is 4.91 Å². The van der Waals surface area contributed by atoms with E-state index in [9.17, 15) is 0 Å². The quantitative estimate of drug-likeness (QED) is 0.338. The third-order valence-electron chi connectivity index (χ3n) is 0.0577. The molecule has 0 atom stereocenters. The minimum absolute atomic E-state index is 0.318. The first-order chi connectivity index (χ1) is 1.91. The SMILES string of the molecule is C=PN=O. The van der Waals surface area contributed by atoms with E-state index in [1.807, 2.05) is 0 Å². The van der Waals surface area contributed by atoms with Crippen LogP contribution in [0.15, 0.2) is 4.95 Å². The number of rotatable bonds is 1. The van der Waals surface area contributed by atoms with Crippen LogP contribution in [0.2, 0.25) is 0 Å². The van der Waals surface area contributed by atoms with Crippen molar-refractivity contribution in [2.75, 3.05) is 0 Å². The van der Waals surface area contributed by atoms with Crippen LogP contribution in [0.3, 0.4) is 0 Å². The zero-order valence-electron chi connectivity index (χ0n) is 2.01. The second-order valence-electron chi connectivity index (χ2n) is 0.223. The highest BCUT2D eigenvalue weighted by molar-refractivity contribution is 7.34. The van der Waals surface area contributed by atoms with Crippen LogP contribution in [0.1, 0.15) is 0 Å². The van der Waals surface area contributed by atoms with Gasteiger partial charge in [-0.1, -0.05) is 0 Å². The van der Waals surface area contributed by atoms with E-state index in [0.29, 0.717) is 8.35 Å². The van der Waals surface area contributed by atoms with Gasteiger partial charge in [0.1, 0.15) is 0 Å². The van der Waals surface area contributed by atoms with E-state index in [4.69, 9.17) is 4.91 Å². The monoisotopic (exact) mass is 75.0 g/mol. The molecular weight excluding hydrogens is 73.0 g/mol. The van der Waals surface area contributed by atoms with Crippen LogP contribution in [0.4, 0.5) is 0 Å². The summed E-state index contributed by atoms with van der Waals surface area (Å²) in [6, 6.07) is 0. The van der Waals surface area contributed by atoms with Crippen LogP contribution < -0.4 is 0 Å². The molecule has 0 heterocycles. The first-order valence-electron chi connectivity index (χ1n) is 0.699. The summed E-state index contributed by atoms with van der Waals surface area (Å²) in [6.45, 7) is 0. The molecule has 0 bridgehead atoms. The number of nitrogens with zero attached hydrogens (tertiary/aromatic N) is 1. The Bertz CT molecular complexity index is 29.0. The Hall–Kier alpha value is -0.230. The summed E-state index contributed by atoms with van der Waals surface area (Å²) in [6.07, 6.45) is 3.10. The van der Waals surface area contributed by atoms with Gasteiger partial charge in [-0.05, 0) is 11.2 Å². The van der Waals surface area contributed by atoms with Crippen molar-refractivity contribution < 1.29 is 0 Å². The fourth-order valence-electron chi connectivity index (χ4n) is 0. The molecule has 2 nitrogen and oxygen atoms in total. The van der Waals surface area contributed by atoms with Gasteiger partial charge in [-0.25, -0.2) is 0 Å². The number of hydrogen-bond donors (Lipinski definition) is 0. The van der Waals surface area contributed by atoms with Gasteiger partial charge in [-0.2, -0.15) is 0 Å². The minimum atomic E-state index is 0.318. The van der Waals surface area contributed by atoms with Crippen LogP contribution in [-0.2, 0) is 0 Å². The lowest BCUT2D eigenvalue weighted by Crippen LogP contribution is -1.06. The smallest absolute Gasteiger partial charge is 0.0799 e. The lowest BCUT2D eigenvalue weighted by atomic mass is 12.0. The average Bonchev–Trinajstić information content (AvgIpc) is 1.37. The van der Waals surface area contributed by atoms with Gasteiger partial charge < -0.3 is 0 Å². The first-order valence-corrected chi connectivity index (χ1v) is 1.73. The molecule has 0 radical (unpaired) electrons. The molecule has 0 aliphatic heterocycles. The Morgan fingerprint density at radius 3 is 2.25 bits per heavy atom. The maximum absolute atomic E-state index is 8.85. The summed E-state index contributed by atoms with van der Waals surface area (Å²) in [4.78, 5) is 11.2. The van der Waals surface area contributed by atoms with Crippen molar-refractivity contribution in [1.82, 2.24) is 0 Å². The summed E-state index contributed by atoms with van der Waals surface area (Å²) >= 11 is 0. The van der Waals surface area contributed by atoms with Gasteiger partial charge in [0.05, 0.1) is 8.35 Å². The van der Waals surface area contributed by atoms with Gasteiger partial charge >= 0.3 is 0 Å². The zero-order valence-corrected chi connectivity index (χ0v) is 2.90. The molecule has 0 fully saturated rings. The summed E-state index contributed by atoms with van der Waals surface area (Å²) in [5, 5.41) is 0. The van der Waals surface area contributed by atoms with Gasteiger partial charge in [-0.3, -0.25) is 0 Å². The number of nitroso groups, excluding NO2 is 1. The normalized spacial score (nSPS) is 7.00. The molecule has 0 aliphatic rings. The number of hydrogen-bond acceptors (Lipinski definition) is 2. The molecule has 0 N–H and O–H groups in total. The highest BCUT2D eigenvalue weighted by Crippen LogP contribution is 1.83. The van der Waals surface area contributed by atoms with Gasteiger partial charge in [0.2, 0.25) is 0 Å². The lowest BCUT2D eigenvalue weighted by molar-refractivity contribution is 1.89. The maximum atomic E-state index is 8.85. The molecule has 0 saturated heterocycles. The highest BCUT2D eigenvalue weighted by atomic mass is 31.1. The molecule has 22 valence electrons. The van der Waals surface area contributed by atoms with E-state index in [0.717, 1.165) is 0 Å². The second kappa shape index (κ2) is 2.77. The Morgan fingerprint density at radius 2 is 2.25 bits per heavy atom. The minimum Gasteiger partial charge on any atom is -0.141 e.